The van der Waals surface area contributed by atoms with Crippen LogP contribution in [0.1, 0.15) is 10.6 Å². The molecular formula is C19H17BrN2O4S. The average Bonchev–Trinajstić information content (AvgIpc) is 3.06. The number of hydrogen-bond donors (Lipinski definition) is 0. The van der Waals surface area contributed by atoms with Gasteiger partial charge in [0.15, 0.2) is 6.61 Å². The van der Waals surface area contributed by atoms with Crippen LogP contribution < -0.4 is 9.47 Å². The molecule has 0 aliphatic heterocycles. The first kappa shape index (κ1) is 19.3. The van der Waals surface area contributed by atoms with Crippen LogP contribution in [0.3, 0.4) is 0 Å². The van der Waals surface area contributed by atoms with Crippen LogP contribution in [0.5, 0.6) is 11.5 Å². The molecule has 0 unspecified atom stereocenters. The second-order valence-corrected chi connectivity index (χ2v) is 7.95. The van der Waals surface area contributed by atoms with Crippen molar-refractivity contribution in [1.29, 1.82) is 0 Å². The zero-order valence-electron chi connectivity index (χ0n) is 14.8. The zero-order chi connectivity index (χ0) is 19.2. The zero-order valence-corrected chi connectivity index (χ0v) is 17.2. The van der Waals surface area contributed by atoms with E-state index in [4.69, 9.17) is 9.47 Å². The third-order valence-corrected chi connectivity index (χ3v) is 5.33. The molecule has 0 bridgehead atoms. The third kappa shape index (κ3) is 5.05. The van der Waals surface area contributed by atoms with E-state index < -0.39 is 5.97 Å². The first-order valence-electron chi connectivity index (χ1n) is 8.05. The molecule has 6 nitrogen and oxygen atoms in total. The number of aromatic nitrogens is 2. The predicted molar refractivity (Wildman–Crippen MR) is 106 cm³/mol. The van der Waals surface area contributed by atoms with Crippen LogP contribution >= 0.6 is 27.3 Å². The Morgan fingerprint density at radius 1 is 1.26 bits per heavy atom. The van der Waals surface area contributed by atoms with Gasteiger partial charge in [0.1, 0.15) is 23.1 Å². The van der Waals surface area contributed by atoms with Crippen LogP contribution in [0.4, 0.5) is 0 Å². The van der Waals surface area contributed by atoms with Crippen molar-refractivity contribution in [2.75, 3.05) is 13.7 Å². The van der Waals surface area contributed by atoms with E-state index in [9.17, 15) is 4.79 Å². The quantitative estimate of drug-likeness (QED) is 0.498. The van der Waals surface area contributed by atoms with Crippen molar-refractivity contribution in [2.45, 2.75) is 13.5 Å². The molecule has 1 aromatic carbocycles. The van der Waals surface area contributed by atoms with E-state index in [1.165, 1.54) is 18.4 Å². The van der Waals surface area contributed by atoms with E-state index in [-0.39, 0.29) is 6.61 Å². The van der Waals surface area contributed by atoms with E-state index >= 15 is 0 Å². The van der Waals surface area contributed by atoms with E-state index in [0.717, 1.165) is 25.6 Å². The fourth-order valence-corrected chi connectivity index (χ4v) is 3.90. The molecule has 0 radical (unpaired) electrons. The summed E-state index contributed by atoms with van der Waals surface area (Å²) in [5.41, 5.74) is 2.68. The lowest BCUT2D eigenvalue weighted by Crippen LogP contribution is -2.13. The molecule has 3 rings (SSSR count). The third-order valence-electron chi connectivity index (χ3n) is 3.65. The molecule has 0 atom stereocenters. The highest BCUT2D eigenvalue weighted by atomic mass is 79.9. The number of hydrogen-bond acceptors (Lipinski definition) is 7. The smallest absolute Gasteiger partial charge is 0.343 e. The molecule has 2 heterocycles. The maximum Gasteiger partial charge on any atom is 0.343 e. The summed E-state index contributed by atoms with van der Waals surface area (Å²) in [6.45, 7) is 2.12. The van der Waals surface area contributed by atoms with Crippen LogP contribution in [-0.4, -0.2) is 29.7 Å². The number of esters is 1. The van der Waals surface area contributed by atoms with Gasteiger partial charge in [-0.3, -0.25) is 4.98 Å². The minimum Gasteiger partial charge on any atom is -0.486 e. The summed E-state index contributed by atoms with van der Waals surface area (Å²) in [6.07, 6.45) is 3.51. The van der Waals surface area contributed by atoms with Crippen LogP contribution in [0, 0.1) is 6.92 Å². The number of methoxy groups -OCH3 is 1. The van der Waals surface area contributed by atoms with Crippen LogP contribution in [-0.2, 0) is 16.1 Å². The molecule has 0 fully saturated rings. The molecule has 0 spiro atoms. The van der Waals surface area contributed by atoms with Gasteiger partial charge in [-0.25, -0.2) is 9.78 Å². The summed E-state index contributed by atoms with van der Waals surface area (Å²) in [4.78, 5) is 19.9. The topological polar surface area (TPSA) is 70.5 Å². The summed E-state index contributed by atoms with van der Waals surface area (Å²) in [7, 11) is 1.33. The second kappa shape index (κ2) is 8.96. The molecule has 2 aromatic heterocycles. The summed E-state index contributed by atoms with van der Waals surface area (Å²) in [5.74, 6) is 0.893. The normalized spacial score (nSPS) is 10.5. The van der Waals surface area contributed by atoms with Gasteiger partial charge >= 0.3 is 5.97 Å². The number of rotatable bonds is 7. The van der Waals surface area contributed by atoms with Crippen molar-refractivity contribution < 1.29 is 19.0 Å². The maximum atomic E-state index is 11.2. The summed E-state index contributed by atoms with van der Waals surface area (Å²) in [5, 5.41) is 0.851. The van der Waals surface area contributed by atoms with Crippen LogP contribution in [0.25, 0.3) is 11.3 Å². The standard InChI is InChI=1S/C19H17BrN2O4S/c1-12-8-14(5-6-15(12)26-11-17(23)24-2)25-10-16-22-18(19(20)27-16)13-4-3-7-21-9-13/h3-9H,10-11H2,1-2H3. The molecule has 0 aliphatic carbocycles. The number of thiazole rings is 1. The number of nitrogens with zero attached hydrogens (tertiary/aromatic N) is 2. The number of halogens is 1. The summed E-state index contributed by atoms with van der Waals surface area (Å²) in [6, 6.07) is 9.27. The second-order valence-electron chi connectivity index (χ2n) is 5.55. The Labute approximate surface area is 169 Å². The predicted octanol–water partition coefficient (Wildman–Crippen LogP) is 4.41. The van der Waals surface area contributed by atoms with Gasteiger partial charge in [-0.2, -0.15) is 0 Å². The van der Waals surface area contributed by atoms with E-state index in [2.05, 4.69) is 30.6 Å². The number of benzene rings is 1. The van der Waals surface area contributed by atoms with E-state index in [0.29, 0.717) is 18.1 Å². The number of aryl methyl sites for hydroxylation is 1. The Morgan fingerprint density at radius 3 is 2.81 bits per heavy atom. The molecule has 0 amide bonds. The highest BCUT2D eigenvalue weighted by Crippen LogP contribution is 2.33. The van der Waals surface area contributed by atoms with Gasteiger partial charge in [-0.05, 0) is 58.7 Å². The molecule has 140 valence electrons. The van der Waals surface area contributed by atoms with Crippen molar-refractivity contribution in [3.05, 3.63) is 57.1 Å². The Bertz CT molecular complexity index is 931. The molecule has 0 saturated carbocycles. The molecule has 27 heavy (non-hydrogen) atoms. The van der Waals surface area contributed by atoms with Crippen molar-refractivity contribution in [3.8, 4) is 22.8 Å². The monoisotopic (exact) mass is 448 g/mol. The lowest BCUT2D eigenvalue weighted by Gasteiger charge is -2.10. The van der Waals surface area contributed by atoms with Gasteiger partial charge in [-0.1, -0.05) is 0 Å². The van der Waals surface area contributed by atoms with Crippen molar-refractivity contribution in [3.63, 3.8) is 0 Å². The van der Waals surface area contributed by atoms with Crippen molar-refractivity contribution >= 4 is 33.2 Å². The summed E-state index contributed by atoms with van der Waals surface area (Å²) >= 11 is 5.08. The Hall–Kier alpha value is -2.45. The molecule has 8 heteroatoms. The van der Waals surface area contributed by atoms with Crippen LogP contribution in [0.15, 0.2) is 46.5 Å². The highest BCUT2D eigenvalue weighted by molar-refractivity contribution is 9.11. The average molecular weight is 449 g/mol. The molecule has 3 aromatic rings. The highest BCUT2D eigenvalue weighted by Gasteiger charge is 2.12. The Kier molecular flexibility index (Phi) is 6.41. The lowest BCUT2D eigenvalue weighted by atomic mass is 10.2. The number of pyridine rings is 1. The largest absolute Gasteiger partial charge is 0.486 e. The number of carbonyl (C=O) groups is 1. The minimum atomic E-state index is -0.423. The first-order chi connectivity index (χ1) is 13.1. The molecule has 0 aliphatic rings. The summed E-state index contributed by atoms with van der Waals surface area (Å²) < 4.78 is 16.8. The van der Waals surface area contributed by atoms with Gasteiger partial charge in [0.2, 0.25) is 0 Å². The fraction of sp³-hybridized carbons (Fsp3) is 0.211. The van der Waals surface area contributed by atoms with Gasteiger partial charge in [0.05, 0.1) is 16.6 Å². The minimum absolute atomic E-state index is 0.123. The van der Waals surface area contributed by atoms with Gasteiger partial charge in [0, 0.05) is 18.0 Å². The van der Waals surface area contributed by atoms with Gasteiger partial charge < -0.3 is 14.2 Å². The van der Waals surface area contributed by atoms with Crippen molar-refractivity contribution in [1.82, 2.24) is 9.97 Å². The first-order valence-corrected chi connectivity index (χ1v) is 9.66. The lowest BCUT2D eigenvalue weighted by molar-refractivity contribution is -0.142. The number of ether oxygens (including phenoxy) is 3. The van der Waals surface area contributed by atoms with Crippen molar-refractivity contribution in [2.24, 2.45) is 0 Å². The molecule has 0 N–H and O–H groups in total. The van der Waals surface area contributed by atoms with E-state index in [1.54, 1.807) is 24.5 Å². The fourth-order valence-electron chi connectivity index (χ4n) is 2.30. The molecule has 0 saturated heterocycles. The van der Waals surface area contributed by atoms with Gasteiger partial charge in [0.25, 0.3) is 0 Å². The Morgan fingerprint density at radius 2 is 2.11 bits per heavy atom. The number of carbonyl (C=O) groups excluding carboxylic acids is 1. The van der Waals surface area contributed by atoms with Crippen LogP contribution in [0.2, 0.25) is 0 Å². The van der Waals surface area contributed by atoms with Gasteiger partial charge in [-0.15, -0.1) is 11.3 Å². The molecular weight excluding hydrogens is 432 g/mol. The Balaban J connectivity index is 1.63. The van der Waals surface area contributed by atoms with E-state index in [1.807, 2.05) is 25.1 Å². The SMILES string of the molecule is COC(=O)COc1ccc(OCc2nc(-c3cccnc3)c(Br)s2)cc1C. The maximum absolute atomic E-state index is 11.2.